The van der Waals surface area contributed by atoms with Crippen molar-refractivity contribution in [1.29, 1.82) is 0 Å². The standard InChI is InChI=1S/C42H40F16P2/c1-27-7-15-31(16-8-27)59(32-17-9-28(2)10-18-32)25-5-23-35(43,44)37(47,48)39(51,52)41(55,56)42(57,58)40(53,54)38(49,50)36(45,46)24-6-26-60(33-19-11-29(3)12-20-33)34-21-13-30(4)14-22-34/h7-22H,5-6,23-26H2,1-4H3. The first kappa shape index (κ1) is 49.3. The van der Waals surface area contributed by atoms with Crippen molar-refractivity contribution >= 4 is 37.1 Å². The molecule has 0 saturated carbocycles. The molecule has 4 rings (SSSR count). The van der Waals surface area contributed by atoms with Crippen molar-refractivity contribution in [2.24, 2.45) is 0 Å². The maximum atomic E-state index is 14.9. The van der Waals surface area contributed by atoms with Crippen LogP contribution in [-0.2, 0) is 0 Å². The highest BCUT2D eigenvalue weighted by Gasteiger charge is 2.94. The maximum Gasteiger partial charge on any atom is 0.384 e. The normalized spacial score (nSPS) is 14.0. The van der Waals surface area contributed by atoms with Crippen molar-refractivity contribution < 1.29 is 70.2 Å². The number of benzene rings is 4. The van der Waals surface area contributed by atoms with Gasteiger partial charge in [-0.15, -0.1) is 0 Å². The van der Waals surface area contributed by atoms with Crippen LogP contribution in [0.5, 0.6) is 0 Å². The SMILES string of the molecule is Cc1ccc(P(CCCC(F)(F)C(F)(F)C(F)(F)C(F)(F)C(F)(F)C(F)(F)C(F)(F)C(F)(F)CCCP(c2ccc(C)cc2)c2ccc(C)cc2)c2ccc(C)cc2)cc1. The Bertz CT molecular complexity index is 1780. The molecule has 0 aromatic heterocycles. The average Bonchev–Trinajstić information content (AvgIpc) is 3.16. The summed E-state index contributed by atoms with van der Waals surface area (Å²) in [6, 6.07) is 25.5. The van der Waals surface area contributed by atoms with E-state index in [1.165, 1.54) is 0 Å². The highest BCUT2D eigenvalue weighted by molar-refractivity contribution is 7.73. The van der Waals surface area contributed by atoms with Crippen LogP contribution < -0.4 is 21.2 Å². The smallest absolute Gasteiger partial charge is 0.200 e. The Kier molecular flexibility index (Phi) is 14.6. The summed E-state index contributed by atoms with van der Waals surface area (Å²) in [4.78, 5) is 0. The van der Waals surface area contributed by atoms with Gasteiger partial charge < -0.3 is 0 Å². The molecule has 0 fully saturated rings. The summed E-state index contributed by atoms with van der Waals surface area (Å²) in [6.45, 7) is 6.83. The number of hydrogen-bond acceptors (Lipinski definition) is 0. The first-order chi connectivity index (χ1) is 27.4. The molecule has 0 amide bonds. The first-order valence-corrected chi connectivity index (χ1v) is 21.3. The van der Waals surface area contributed by atoms with Crippen LogP contribution in [0.15, 0.2) is 97.1 Å². The van der Waals surface area contributed by atoms with Crippen LogP contribution in [0.2, 0.25) is 0 Å². The molecule has 4 aromatic rings. The van der Waals surface area contributed by atoms with E-state index in [1.54, 1.807) is 125 Å². The van der Waals surface area contributed by atoms with Gasteiger partial charge >= 0.3 is 47.4 Å². The molecule has 0 spiro atoms. The average molecular weight is 911 g/mol. The Labute approximate surface area is 339 Å². The lowest BCUT2D eigenvalue weighted by molar-refractivity contribution is -0.453. The second-order valence-corrected chi connectivity index (χ2v) is 19.4. The van der Waals surface area contributed by atoms with Gasteiger partial charge in [0.25, 0.3) is 0 Å². The summed E-state index contributed by atoms with van der Waals surface area (Å²) in [5.74, 6) is -61.2. The minimum absolute atomic E-state index is 0.470. The molecule has 0 nitrogen and oxygen atoms in total. The lowest BCUT2D eigenvalue weighted by Crippen LogP contribution is -2.74. The van der Waals surface area contributed by atoms with Gasteiger partial charge in [-0.1, -0.05) is 119 Å². The Balaban J connectivity index is 1.55. The quantitative estimate of drug-likeness (QED) is 0.0650. The summed E-state index contributed by atoms with van der Waals surface area (Å²) in [5.41, 5.74) is 3.05. The predicted molar refractivity (Wildman–Crippen MR) is 205 cm³/mol. The van der Waals surface area contributed by atoms with E-state index in [4.69, 9.17) is 0 Å². The molecular weight excluding hydrogens is 870 g/mol. The van der Waals surface area contributed by atoms with Gasteiger partial charge in [-0.3, -0.25) is 0 Å². The minimum atomic E-state index is -8.45. The summed E-state index contributed by atoms with van der Waals surface area (Å²) in [6.07, 6.45) is -7.97. The van der Waals surface area contributed by atoms with Gasteiger partial charge in [0.15, 0.2) is 0 Å². The lowest BCUT2D eigenvalue weighted by Gasteiger charge is -2.43. The van der Waals surface area contributed by atoms with Gasteiger partial charge in [-0.05, 0) is 89.9 Å². The van der Waals surface area contributed by atoms with E-state index in [1.807, 2.05) is 0 Å². The Hall–Kier alpha value is -3.38. The summed E-state index contributed by atoms with van der Waals surface area (Å²) in [5, 5.41) is 1.96. The summed E-state index contributed by atoms with van der Waals surface area (Å²) >= 11 is 0. The van der Waals surface area contributed by atoms with Gasteiger partial charge in [0.1, 0.15) is 0 Å². The van der Waals surface area contributed by atoms with Crippen LogP contribution in [-0.4, -0.2) is 59.7 Å². The first-order valence-electron chi connectivity index (χ1n) is 18.3. The summed E-state index contributed by atoms with van der Waals surface area (Å²) < 4.78 is 238. The fourth-order valence-electron chi connectivity index (χ4n) is 6.19. The summed E-state index contributed by atoms with van der Waals surface area (Å²) in [7, 11) is -3.39. The number of halogens is 16. The molecule has 18 heteroatoms. The minimum Gasteiger partial charge on any atom is -0.200 e. The predicted octanol–water partition coefficient (Wildman–Crippen LogP) is 13.1. The van der Waals surface area contributed by atoms with Crippen molar-refractivity contribution in [3.8, 4) is 0 Å². The molecule has 0 unspecified atom stereocenters. The Morgan fingerprint density at radius 3 is 0.683 bits per heavy atom. The van der Waals surface area contributed by atoms with Gasteiger partial charge in [-0.2, -0.15) is 70.2 Å². The molecule has 0 heterocycles. The largest absolute Gasteiger partial charge is 0.384 e. The molecule has 330 valence electrons. The van der Waals surface area contributed by atoms with E-state index < -0.39 is 101 Å². The molecule has 0 radical (unpaired) electrons. The zero-order valence-corrected chi connectivity index (χ0v) is 34.2. The van der Waals surface area contributed by atoms with E-state index >= 15 is 0 Å². The highest BCUT2D eigenvalue weighted by atomic mass is 31.1. The van der Waals surface area contributed by atoms with Crippen molar-refractivity contribution in [3.63, 3.8) is 0 Å². The zero-order valence-electron chi connectivity index (χ0n) is 32.4. The Morgan fingerprint density at radius 2 is 0.483 bits per heavy atom. The molecule has 0 aliphatic carbocycles. The second-order valence-electron chi connectivity index (χ2n) is 14.7. The molecular formula is C42H40F16P2. The third-order valence-electron chi connectivity index (χ3n) is 10.0. The van der Waals surface area contributed by atoms with E-state index in [-0.39, 0.29) is 0 Å². The number of rotatable bonds is 19. The van der Waals surface area contributed by atoms with Gasteiger partial charge in [0.05, 0.1) is 0 Å². The van der Waals surface area contributed by atoms with E-state index in [0.29, 0.717) is 21.2 Å². The molecule has 0 bridgehead atoms. The third-order valence-corrected chi connectivity index (χ3v) is 15.2. The molecule has 0 N–H and O–H groups in total. The van der Waals surface area contributed by atoms with Crippen LogP contribution in [0, 0.1) is 27.7 Å². The van der Waals surface area contributed by atoms with Crippen molar-refractivity contribution in [2.45, 2.75) is 101 Å². The third kappa shape index (κ3) is 9.35. The fourth-order valence-corrected chi connectivity index (χ4v) is 10.8. The number of hydrogen-bond donors (Lipinski definition) is 0. The zero-order chi connectivity index (χ0) is 45.3. The van der Waals surface area contributed by atoms with E-state index in [0.717, 1.165) is 22.3 Å². The monoisotopic (exact) mass is 910 g/mol. The topological polar surface area (TPSA) is 0 Å². The molecule has 0 saturated heterocycles. The maximum absolute atomic E-state index is 14.9. The molecule has 0 atom stereocenters. The van der Waals surface area contributed by atoms with Crippen LogP contribution >= 0.6 is 15.8 Å². The van der Waals surface area contributed by atoms with Gasteiger partial charge in [0.2, 0.25) is 0 Å². The van der Waals surface area contributed by atoms with Crippen LogP contribution in [0.4, 0.5) is 70.2 Å². The van der Waals surface area contributed by atoms with Crippen molar-refractivity contribution in [3.05, 3.63) is 119 Å². The lowest BCUT2D eigenvalue weighted by atomic mass is 9.86. The van der Waals surface area contributed by atoms with Gasteiger partial charge in [0, 0.05) is 12.8 Å². The Morgan fingerprint density at radius 1 is 0.300 bits per heavy atom. The van der Waals surface area contributed by atoms with E-state index in [9.17, 15) is 70.2 Å². The number of aryl methyl sites for hydroxylation is 4. The second kappa shape index (κ2) is 17.8. The molecule has 0 aliphatic rings. The fraction of sp³-hybridized carbons (Fsp3) is 0.429. The molecule has 4 aromatic carbocycles. The van der Waals surface area contributed by atoms with E-state index in [2.05, 4.69) is 0 Å². The molecule has 60 heavy (non-hydrogen) atoms. The van der Waals surface area contributed by atoms with Crippen LogP contribution in [0.25, 0.3) is 0 Å². The number of alkyl halides is 16. The van der Waals surface area contributed by atoms with Crippen LogP contribution in [0.3, 0.4) is 0 Å². The van der Waals surface area contributed by atoms with Crippen LogP contribution in [0.1, 0.15) is 47.9 Å². The highest BCUT2D eigenvalue weighted by Crippen LogP contribution is 2.64. The molecule has 0 aliphatic heterocycles. The van der Waals surface area contributed by atoms with Gasteiger partial charge in [-0.25, -0.2) is 0 Å². The van der Waals surface area contributed by atoms with Crippen molar-refractivity contribution in [1.82, 2.24) is 0 Å². The van der Waals surface area contributed by atoms with Crippen molar-refractivity contribution in [2.75, 3.05) is 12.3 Å².